The Bertz CT molecular complexity index is 967. The minimum atomic E-state index is -0.0833. The van der Waals surface area contributed by atoms with Gasteiger partial charge in [0.05, 0.1) is 19.3 Å². The first-order valence-electron chi connectivity index (χ1n) is 9.83. The van der Waals surface area contributed by atoms with Gasteiger partial charge in [0.25, 0.3) is 5.91 Å². The Hall–Kier alpha value is -2.54. The smallest absolute Gasteiger partial charge is 0.256 e. The number of carbonyl (C=O) groups is 1. The van der Waals surface area contributed by atoms with Crippen LogP contribution in [0.4, 0.5) is 5.00 Å². The summed E-state index contributed by atoms with van der Waals surface area (Å²) < 4.78 is 5.59. The van der Waals surface area contributed by atoms with Gasteiger partial charge in [0, 0.05) is 41.5 Å². The molecule has 5 nitrogen and oxygen atoms in total. The molecule has 1 amide bonds. The second-order valence-corrected chi connectivity index (χ2v) is 8.41. The summed E-state index contributed by atoms with van der Waals surface area (Å²) in [7, 11) is 0. The van der Waals surface area contributed by atoms with Crippen molar-refractivity contribution < 1.29 is 9.53 Å². The van der Waals surface area contributed by atoms with Gasteiger partial charge in [0.15, 0.2) is 0 Å². The zero-order chi connectivity index (χ0) is 20.2. The van der Waals surface area contributed by atoms with Crippen molar-refractivity contribution >= 4 is 22.2 Å². The van der Waals surface area contributed by atoms with E-state index in [1.807, 2.05) is 42.6 Å². The van der Waals surface area contributed by atoms with Gasteiger partial charge >= 0.3 is 0 Å². The Labute approximate surface area is 175 Å². The number of hydrogen-bond acceptors (Lipinski definition) is 5. The van der Waals surface area contributed by atoms with Gasteiger partial charge in [-0.2, -0.15) is 0 Å². The van der Waals surface area contributed by atoms with E-state index in [2.05, 4.69) is 35.1 Å². The molecule has 1 aliphatic heterocycles. The molecule has 3 heterocycles. The van der Waals surface area contributed by atoms with E-state index >= 15 is 0 Å². The second kappa shape index (κ2) is 8.86. The molecule has 1 saturated heterocycles. The average molecular weight is 408 g/mol. The van der Waals surface area contributed by atoms with Crippen LogP contribution in [0.5, 0.6) is 0 Å². The van der Waals surface area contributed by atoms with Crippen LogP contribution in [-0.4, -0.2) is 42.1 Å². The molecule has 1 fully saturated rings. The summed E-state index contributed by atoms with van der Waals surface area (Å²) in [6, 6.07) is 13.5. The van der Waals surface area contributed by atoms with E-state index in [1.165, 1.54) is 10.4 Å². The number of rotatable bonds is 5. The van der Waals surface area contributed by atoms with E-state index in [0.29, 0.717) is 18.8 Å². The number of aryl methyl sites for hydroxylation is 1. The number of ether oxygens (including phenoxy) is 1. The standard InChI is InChI=1S/C23H25N3O2S/c1-16-17(2)29-23(25-22(27)18-7-4-3-5-8-18)20(16)21(19-9-6-10-24-15-19)26-11-13-28-14-12-26/h3-10,15,21H,11-14H2,1-2H3,(H,25,27). The van der Waals surface area contributed by atoms with Crippen molar-refractivity contribution in [2.75, 3.05) is 31.6 Å². The number of thiophene rings is 1. The van der Waals surface area contributed by atoms with Crippen LogP contribution in [0.15, 0.2) is 54.9 Å². The number of hydrogen-bond donors (Lipinski definition) is 1. The molecule has 0 spiro atoms. The highest BCUT2D eigenvalue weighted by Gasteiger charge is 2.30. The van der Waals surface area contributed by atoms with Crippen molar-refractivity contribution in [3.63, 3.8) is 0 Å². The summed E-state index contributed by atoms with van der Waals surface area (Å²) in [5.74, 6) is -0.0833. The van der Waals surface area contributed by atoms with Gasteiger partial charge in [0.1, 0.15) is 5.00 Å². The molecule has 2 aromatic heterocycles. The molecular weight excluding hydrogens is 382 g/mol. The second-order valence-electron chi connectivity index (χ2n) is 7.18. The SMILES string of the molecule is Cc1sc(NC(=O)c2ccccc2)c(C(c2cccnc2)N2CCOCC2)c1C. The third kappa shape index (κ3) is 4.24. The van der Waals surface area contributed by atoms with E-state index in [9.17, 15) is 4.79 Å². The summed E-state index contributed by atoms with van der Waals surface area (Å²) in [6.07, 6.45) is 3.72. The third-order valence-electron chi connectivity index (χ3n) is 5.38. The lowest BCUT2D eigenvalue weighted by atomic mass is 9.95. The number of nitrogens with zero attached hydrogens (tertiary/aromatic N) is 2. The zero-order valence-corrected chi connectivity index (χ0v) is 17.5. The fraction of sp³-hybridized carbons (Fsp3) is 0.304. The number of aromatic nitrogens is 1. The maximum absolute atomic E-state index is 12.9. The number of carbonyl (C=O) groups excluding carboxylic acids is 1. The molecule has 1 atom stereocenters. The highest BCUT2D eigenvalue weighted by atomic mass is 32.1. The van der Waals surface area contributed by atoms with Crippen LogP contribution in [0.3, 0.4) is 0 Å². The first kappa shape index (κ1) is 19.8. The van der Waals surface area contributed by atoms with E-state index in [-0.39, 0.29) is 11.9 Å². The number of pyridine rings is 1. The van der Waals surface area contributed by atoms with E-state index in [0.717, 1.165) is 29.2 Å². The topological polar surface area (TPSA) is 54.5 Å². The van der Waals surface area contributed by atoms with Gasteiger partial charge in [-0.15, -0.1) is 11.3 Å². The van der Waals surface area contributed by atoms with Crippen LogP contribution < -0.4 is 5.32 Å². The lowest BCUT2D eigenvalue weighted by Crippen LogP contribution is -2.40. The lowest BCUT2D eigenvalue weighted by Gasteiger charge is -2.35. The van der Waals surface area contributed by atoms with Crippen molar-refractivity contribution in [1.82, 2.24) is 9.88 Å². The van der Waals surface area contributed by atoms with Crippen LogP contribution in [0, 0.1) is 13.8 Å². The minimum absolute atomic E-state index is 0.0311. The molecule has 4 rings (SSSR count). The van der Waals surface area contributed by atoms with Gasteiger partial charge in [-0.05, 0) is 43.2 Å². The van der Waals surface area contributed by atoms with Gasteiger partial charge in [0.2, 0.25) is 0 Å². The van der Waals surface area contributed by atoms with Gasteiger partial charge in [-0.3, -0.25) is 14.7 Å². The Morgan fingerprint density at radius 3 is 2.59 bits per heavy atom. The summed E-state index contributed by atoms with van der Waals surface area (Å²) in [5, 5.41) is 4.09. The molecule has 6 heteroatoms. The van der Waals surface area contributed by atoms with Gasteiger partial charge < -0.3 is 10.1 Å². The maximum Gasteiger partial charge on any atom is 0.256 e. The molecule has 0 radical (unpaired) electrons. The number of benzene rings is 1. The monoisotopic (exact) mass is 407 g/mol. The quantitative estimate of drug-likeness (QED) is 0.680. The van der Waals surface area contributed by atoms with E-state index < -0.39 is 0 Å². The summed E-state index contributed by atoms with van der Waals surface area (Å²) in [5.41, 5.74) is 4.17. The Kier molecular flexibility index (Phi) is 6.04. The molecule has 0 aliphatic carbocycles. The molecule has 1 N–H and O–H groups in total. The number of morpholine rings is 1. The minimum Gasteiger partial charge on any atom is -0.379 e. The molecule has 29 heavy (non-hydrogen) atoms. The van der Waals surface area contributed by atoms with Crippen LogP contribution in [0.25, 0.3) is 0 Å². The Morgan fingerprint density at radius 1 is 1.14 bits per heavy atom. The van der Waals surface area contributed by atoms with Crippen molar-refractivity contribution in [3.05, 3.63) is 82.0 Å². The lowest BCUT2D eigenvalue weighted by molar-refractivity contribution is 0.0239. The maximum atomic E-state index is 12.9. The Balaban J connectivity index is 1.75. The Morgan fingerprint density at radius 2 is 1.90 bits per heavy atom. The first-order chi connectivity index (χ1) is 14.1. The molecule has 1 unspecified atom stereocenters. The van der Waals surface area contributed by atoms with Gasteiger partial charge in [-0.1, -0.05) is 24.3 Å². The molecule has 0 saturated carbocycles. The van der Waals surface area contributed by atoms with Crippen molar-refractivity contribution in [1.29, 1.82) is 0 Å². The highest BCUT2D eigenvalue weighted by Crippen LogP contribution is 2.42. The average Bonchev–Trinajstić information content (AvgIpc) is 3.04. The van der Waals surface area contributed by atoms with Gasteiger partial charge in [-0.25, -0.2) is 0 Å². The molecule has 150 valence electrons. The van der Waals surface area contributed by atoms with Crippen molar-refractivity contribution in [2.24, 2.45) is 0 Å². The van der Waals surface area contributed by atoms with Crippen LogP contribution in [0.2, 0.25) is 0 Å². The molecule has 1 aromatic carbocycles. The first-order valence-corrected chi connectivity index (χ1v) is 10.6. The molecule has 1 aliphatic rings. The summed E-state index contributed by atoms with van der Waals surface area (Å²) in [4.78, 5) is 20.9. The fourth-order valence-electron chi connectivity index (χ4n) is 3.76. The molecular formula is C23H25N3O2S. The van der Waals surface area contributed by atoms with Crippen LogP contribution >= 0.6 is 11.3 Å². The predicted molar refractivity (Wildman–Crippen MR) is 117 cm³/mol. The third-order valence-corrected chi connectivity index (χ3v) is 6.52. The molecule has 3 aromatic rings. The number of nitrogens with one attached hydrogen (secondary N) is 1. The van der Waals surface area contributed by atoms with Crippen molar-refractivity contribution in [2.45, 2.75) is 19.9 Å². The largest absolute Gasteiger partial charge is 0.379 e. The van der Waals surface area contributed by atoms with E-state index in [1.54, 1.807) is 17.5 Å². The van der Waals surface area contributed by atoms with Crippen LogP contribution in [-0.2, 0) is 4.74 Å². The van der Waals surface area contributed by atoms with Crippen LogP contribution in [0.1, 0.15) is 38.0 Å². The number of anilines is 1. The van der Waals surface area contributed by atoms with Crippen molar-refractivity contribution in [3.8, 4) is 0 Å². The normalized spacial score (nSPS) is 15.8. The fourth-order valence-corrected chi connectivity index (χ4v) is 4.85. The number of amides is 1. The summed E-state index contributed by atoms with van der Waals surface area (Å²) >= 11 is 1.64. The molecule has 0 bridgehead atoms. The predicted octanol–water partition coefficient (Wildman–Crippen LogP) is 4.43. The van der Waals surface area contributed by atoms with E-state index in [4.69, 9.17) is 4.74 Å². The highest BCUT2D eigenvalue weighted by molar-refractivity contribution is 7.16. The summed E-state index contributed by atoms with van der Waals surface area (Å²) in [6.45, 7) is 7.37. The zero-order valence-electron chi connectivity index (χ0n) is 16.7.